The van der Waals surface area contributed by atoms with Crippen LogP contribution in [0.2, 0.25) is 0 Å². The maximum atomic E-state index is 12.2. The Morgan fingerprint density at radius 2 is 1.77 bits per heavy atom. The van der Waals surface area contributed by atoms with Crippen molar-refractivity contribution < 1.29 is 14.3 Å². The highest BCUT2D eigenvalue weighted by molar-refractivity contribution is 9.10. The Morgan fingerprint density at radius 3 is 2.55 bits per heavy atom. The summed E-state index contributed by atoms with van der Waals surface area (Å²) in [5, 5.41) is 0. The summed E-state index contributed by atoms with van der Waals surface area (Å²) in [6.45, 7) is 1.35. The summed E-state index contributed by atoms with van der Waals surface area (Å²) in [5.74, 6) is 2.06. The summed E-state index contributed by atoms with van der Waals surface area (Å²) >= 11 is 4.88. The monoisotopic (exact) mass is 378 g/mol. The van der Waals surface area contributed by atoms with Crippen molar-refractivity contribution in [3.8, 4) is 11.5 Å². The van der Waals surface area contributed by atoms with Crippen LogP contribution in [0.5, 0.6) is 11.5 Å². The van der Waals surface area contributed by atoms with E-state index in [0.29, 0.717) is 19.0 Å². The molecule has 1 heterocycles. The molecule has 0 saturated heterocycles. The summed E-state index contributed by atoms with van der Waals surface area (Å²) < 4.78 is 12.2. The topological polar surface area (TPSA) is 35.5 Å². The smallest absolute Gasteiger partial charge is 0.173 e. The van der Waals surface area contributed by atoms with Crippen LogP contribution in [0.15, 0.2) is 51.8 Å². The van der Waals surface area contributed by atoms with E-state index in [4.69, 9.17) is 9.47 Å². The number of halogens is 1. The van der Waals surface area contributed by atoms with E-state index in [0.717, 1.165) is 32.9 Å². The van der Waals surface area contributed by atoms with E-state index in [-0.39, 0.29) is 5.78 Å². The summed E-state index contributed by atoms with van der Waals surface area (Å²) in [6, 6.07) is 13.2. The molecule has 5 heteroatoms. The summed E-state index contributed by atoms with van der Waals surface area (Å²) in [5.41, 5.74) is 0.727. The maximum Gasteiger partial charge on any atom is 0.173 e. The molecule has 2 aromatic rings. The minimum atomic E-state index is 0.115. The van der Waals surface area contributed by atoms with Gasteiger partial charge in [0.2, 0.25) is 0 Å². The van der Waals surface area contributed by atoms with Gasteiger partial charge in [-0.25, -0.2) is 0 Å². The fraction of sp³-hybridized carbons (Fsp3) is 0.235. The van der Waals surface area contributed by atoms with Crippen LogP contribution in [-0.4, -0.2) is 24.7 Å². The number of Topliss-reactive ketones (excluding diaryl/α,β-unsaturated/α-hetero) is 1. The maximum absolute atomic E-state index is 12.2. The second kappa shape index (κ2) is 7.20. The molecule has 3 nitrogen and oxygen atoms in total. The van der Waals surface area contributed by atoms with E-state index in [1.165, 1.54) is 11.8 Å². The SMILES string of the molecule is O=C(CSc1ccc2c(c1)OCCCO2)c1ccc(Br)cc1. The zero-order chi connectivity index (χ0) is 15.4. The van der Waals surface area contributed by atoms with Gasteiger partial charge in [-0.2, -0.15) is 0 Å². The standard InChI is InChI=1S/C17H15BrO3S/c18-13-4-2-12(3-5-13)15(19)11-22-14-6-7-16-17(10-14)21-9-1-8-20-16/h2-7,10H,1,8-9,11H2. The largest absolute Gasteiger partial charge is 0.490 e. The van der Waals surface area contributed by atoms with Crippen molar-refractivity contribution >= 4 is 33.5 Å². The van der Waals surface area contributed by atoms with Crippen LogP contribution in [-0.2, 0) is 0 Å². The molecule has 0 spiro atoms. The average molecular weight is 379 g/mol. The molecule has 22 heavy (non-hydrogen) atoms. The molecular weight excluding hydrogens is 364 g/mol. The molecule has 0 radical (unpaired) electrons. The van der Waals surface area contributed by atoms with Crippen LogP contribution in [0.25, 0.3) is 0 Å². The number of hydrogen-bond donors (Lipinski definition) is 0. The molecule has 0 fully saturated rings. The average Bonchev–Trinajstić information content (AvgIpc) is 2.78. The van der Waals surface area contributed by atoms with Crippen LogP contribution < -0.4 is 9.47 Å². The Morgan fingerprint density at radius 1 is 1.05 bits per heavy atom. The van der Waals surface area contributed by atoms with Crippen molar-refractivity contribution in [2.24, 2.45) is 0 Å². The molecule has 0 bridgehead atoms. The lowest BCUT2D eigenvalue weighted by atomic mass is 10.2. The number of fused-ring (bicyclic) bond motifs is 1. The fourth-order valence-electron chi connectivity index (χ4n) is 2.10. The Hall–Kier alpha value is -1.46. The molecule has 0 N–H and O–H groups in total. The molecule has 0 aromatic heterocycles. The third-order valence-electron chi connectivity index (χ3n) is 3.26. The summed E-state index contributed by atoms with van der Waals surface area (Å²) in [7, 11) is 0. The quantitative estimate of drug-likeness (QED) is 0.575. The van der Waals surface area contributed by atoms with Gasteiger partial charge in [-0.3, -0.25) is 4.79 Å². The van der Waals surface area contributed by atoms with Crippen LogP contribution >= 0.6 is 27.7 Å². The first-order valence-corrected chi connectivity index (χ1v) is 8.81. The molecule has 114 valence electrons. The number of thioether (sulfide) groups is 1. The van der Waals surface area contributed by atoms with Gasteiger partial charge in [-0.1, -0.05) is 28.1 Å². The van der Waals surface area contributed by atoms with Gasteiger partial charge in [0.1, 0.15) is 0 Å². The van der Waals surface area contributed by atoms with Crippen molar-refractivity contribution in [1.82, 2.24) is 0 Å². The second-order valence-corrected chi connectivity index (χ2v) is 6.84. The number of carbonyl (C=O) groups excluding carboxylic acids is 1. The van der Waals surface area contributed by atoms with E-state index in [1.54, 1.807) is 0 Å². The molecule has 0 aliphatic carbocycles. The number of ketones is 1. The highest BCUT2D eigenvalue weighted by Crippen LogP contribution is 2.34. The third kappa shape index (κ3) is 3.84. The van der Waals surface area contributed by atoms with Crippen LogP contribution in [0.4, 0.5) is 0 Å². The molecule has 1 aliphatic heterocycles. The molecule has 0 atom stereocenters. The first-order chi connectivity index (χ1) is 10.7. The van der Waals surface area contributed by atoms with E-state index < -0.39 is 0 Å². The number of rotatable bonds is 4. The Labute approximate surface area is 142 Å². The van der Waals surface area contributed by atoms with Gasteiger partial charge in [0.25, 0.3) is 0 Å². The number of hydrogen-bond acceptors (Lipinski definition) is 4. The van der Waals surface area contributed by atoms with Gasteiger partial charge >= 0.3 is 0 Å². The van der Waals surface area contributed by atoms with Crippen molar-refractivity contribution in [3.05, 3.63) is 52.5 Å². The third-order valence-corrected chi connectivity index (χ3v) is 4.78. The van der Waals surface area contributed by atoms with Crippen molar-refractivity contribution in [1.29, 1.82) is 0 Å². The van der Waals surface area contributed by atoms with Crippen molar-refractivity contribution in [3.63, 3.8) is 0 Å². The Bertz CT molecular complexity index is 670. The zero-order valence-corrected chi connectivity index (χ0v) is 14.3. The summed E-state index contributed by atoms with van der Waals surface area (Å²) in [6.07, 6.45) is 0.888. The predicted octanol–water partition coefficient (Wildman–Crippen LogP) is 4.59. The highest BCUT2D eigenvalue weighted by atomic mass is 79.9. The lowest BCUT2D eigenvalue weighted by Gasteiger charge is -2.09. The Kier molecular flexibility index (Phi) is 5.05. The van der Waals surface area contributed by atoms with Gasteiger partial charge in [0.15, 0.2) is 17.3 Å². The van der Waals surface area contributed by atoms with E-state index in [9.17, 15) is 4.79 Å². The minimum Gasteiger partial charge on any atom is -0.490 e. The van der Waals surface area contributed by atoms with Gasteiger partial charge in [-0.05, 0) is 30.3 Å². The van der Waals surface area contributed by atoms with E-state index in [1.807, 2.05) is 42.5 Å². The molecule has 0 unspecified atom stereocenters. The summed E-state index contributed by atoms with van der Waals surface area (Å²) in [4.78, 5) is 13.2. The molecule has 0 amide bonds. The molecule has 0 saturated carbocycles. The first kappa shape index (κ1) is 15.4. The van der Waals surface area contributed by atoms with Gasteiger partial charge in [-0.15, -0.1) is 11.8 Å². The van der Waals surface area contributed by atoms with Crippen LogP contribution in [0.3, 0.4) is 0 Å². The Balaban J connectivity index is 1.65. The first-order valence-electron chi connectivity index (χ1n) is 7.03. The highest BCUT2D eigenvalue weighted by Gasteiger charge is 2.12. The number of ether oxygens (including phenoxy) is 2. The second-order valence-electron chi connectivity index (χ2n) is 4.88. The molecule has 2 aromatic carbocycles. The van der Waals surface area contributed by atoms with Crippen LogP contribution in [0.1, 0.15) is 16.8 Å². The van der Waals surface area contributed by atoms with Crippen molar-refractivity contribution in [2.75, 3.05) is 19.0 Å². The van der Waals surface area contributed by atoms with E-state index in [2.05, 4.69) is 15.9 Å². The zero-order valence-electron chi connectivity index (χ0n) is 11.9. The molecule has 3 rings (SSSR count). The van der Waals surface area contributed by atoms with Gasteiger partial charge < -0.3 is 9.47 Å². The number of carbonyl (C=O) groups is 1. The molecule has 1 aliphatic rings. The molecular formula is C17H15BrO3S. The lowest BCUT2D eigenvalue weighted by Crippen LogP contribution is -2.02. The van der Waals surface area contributed by atoms with Gasteiger partial charge in [0, 0.05) is 21.4 Å². The van der Waals surface area contributed by atoms with Crippen LogP contribution in [0, 0.1) is 0 Å². The van der Waals surface area contributed by atoms with Crippen molar-refractivity contribution in [2.45, 2.75) is 11.3 Å². The number of benzene rings is 2. The minimum absolute atomic E-state index is 0.115. The predicted molar refractivity (Wildman–Crippen MR) is 91.2 cm³/mol. The van der Waals surface area contributed by atoms with E-state index >= 15 is 0 Å². The normalized spacial score (nSPS) is 13.5. The lowest BCUT2D eigenvalue weighted by molar-refractivity contribution is 0.102. The fourth-order valence-corrected chi connectivity index (χ4v) is 3.18. The van der Waals surface area contributed by atoms with Gasteiger partial charge in [0.05, 0.1) is 19.0 Å².